The summed E-state index contributed by atoms with van der Waals surface area (Å²) in [6.07, 6.45) is 3.09. The van der Waals surface area contributed by atoms with Crippen LogP contribution in [0, 0.1) is 11.3 Å². The number of ether oxygens (including phenoxy) is 2. The van der Waals surface area contributed by atoms with E-state index in [-0.39, 0.29) is 5.41 Å². The molecule has 1 aromatic carbocycles. The molecule has 5 heteroatoms. The van der Waals surface area contributed by atoms with Gasteiger partial charge in [0.05, 0.1) is 19.6 Å². The Morgan fingerprint density at radius 2 is 1.96 bits per heavy atom. The van der Waals surface area contributed by atoms with Crippen LogP contribution in [0.15, 0.2) is 18.2 Å². The molecular weight excluding hydrogens is 328 g/mol. The van der Waals surface area contributed by atoms with Gasteiger partial charge in [-0.1, -0.05) is 26.0 Å². The molecule has 1 atom stereocenters. The Balaban J connectivity index is 1.75. The predicted octanol–water partition coefficient (Wildman–Crippen LogP) is 3.17. The summed E-state index contributed by atoms with van der Waals surface area (Å²) in [6, 6.07) is 5.87. The van der Waals surface area contributed by atoms with Crippen molar-refractivity contribution in [1.29, 1.82) is 0 Å². The van der Waals surface area contributed by atoms with Crippen molar-refractivity contribution in [3.8, 4) is 11.5 Å². The molecule has 0 aliphatic carbocycles. The zero-order chi connectivity index (χ0) is 18.7. The van der Waals surface area contributed by atoms with Crippen LogP contribution in [-0.2, 0) is 11.3 Å². The van der Waals surface area contributed by atoms with Crippen LogP contribution in [-0.4, -0.2) is 56.1 Å². The molecule has 0 radical (unpaired) electrons. The zero-order valence-electron chi connectivity index (χ0n) is 16.6. The third kappa shape index (κ3) is 3.68. The molecule has 26 heavy (non-hydrogen) atoms. The van der Waals surface area contributed by atoms with Gasteiger partial charge in [-0.25, -0.2) is 0 Å². The molecule has 144 valence electrons. The lowest BCUT2D eigenvalue weighted by atomic mass is 9.78. The Hall–Kier alpha value is -1.75. The van der Waals surface area contributed by atoms with E-state index in [0.29, 0.717) is 24.1 Å². The molecule has 0 bridgehead atoms. The first-order valence-electron chi connectivity index (χ1n) is 9.70. The second kappa shape index (κ2) is 7.87. The highest BCUT2D eigenvalue weighted by molar-refractivity contribution is 5.84. The molecule has 1 aromatic rings. The highest BCUT2D eigenvalue weighted by Gasteiger charge is 2.48. The van der Waals surface area contributed by atoms with Crippen molar-refractivity contribution in [2.45, 2.75) is 39.7 Å². The monoisotopic (exact) mass is 360 g/mol. The summed E-state index contributed by atoms with van der Waals surface area (Å²) in [7, 11) is 3.30. The summed E-state index contributed by atoms with van der Waals surface area (Å²) < 4.78 is 11.0. The Morgan fingerprint density at radius 3 is 2.65 bits per heavy atom. The Bertz CT molecular complexity index is 646. The third-order valence-corrected chi connectivity index (χ3v) is 5.73. The quantitative estimate of drug-likeness (QED) is 0.781. The van der Waals surface area contributed by atoms with E-state index in [9.17, 15) is 4.79 Å². The van der Waals surface area contributed by atoms with Crippen LogP contribution in [0.4, 0.5) is 0 Å². The van der Waals surface area contributed by atoms with E-state index < -0.39 is 0 Å². The number of hydrogen-bond donors (Lipinski definition) is 0. The second-order valence-electron chi connectivity index (χ2n) is 8.14. The van der Waals surface area contributed by atoms with Gasteiger partial charge in [0.25, 0.3) is 0 Å². The fourth-order valence-electron chi connectivity index (χ4n) is 4.60. The van der Waals surface area contributed by atoms with Crippen molar-refractivity contribution in [3.05, 3.63) is 23.8 Å². The summed E-state index contributed by atoms with van der Waals surface area (Å²) in [5.74, 6) is 2.41. The van der Waals surface area contributed by atoms with Gasteiger partial charge in [0, 0.05) is 31.7 Å². The first-order valence-corrected chi connectivity index (χ1v) is 9.70. The predicted molar refractivity (Wildman–Crippen MR) is 103 cm³/mol. The number of amides is 1. The molecule has 2 aliphatic heterocycles. The topological polar surface area (TPSA) is 42.0 Å². The average Bonchev–Trinajstić information content (AvgIpc) is 3.01. The fourth-order valence-corrected chi connectivity index (χ4v) is 4.60. The third-order valence-electron chi connectivity index (χ3n) is 5.73. The maximum Gasteiger partial charge on any atom is 0.230 e. The molecule has 3 rings (SSSR count). The standard InChI is InChI=1S/C21H32N2O3/c1-16(2)13-22-12-10-21(15-22)9-6-11-23(20(21)24)14-17-7-5-8-18(25-3)19(17)26-4/h5,7-8,16H,6,9-15H2,1-4H3/t21-/m0/s1. The highest BCUT2D eigenvalue weighted by atomic mass is 16.5. The van der Waals surface area contributed by atoms with Gasteiger partial charge in [-0.2, -0.15) is 0 Å². The molecule has 1 spiro atoms. The van der Waals surface area contributed by atoms with Crippen molar-refractivity contribution in [3.63, 3.8) is 0 Å². The normalized spacial score (nSPS) is 23.9. The minimum Gasteiger partial charge on any atom is -0.493 e. The number of rotatable bonds is 6. The largest absolute Gasteiger partial charge is 0.493 e. The highest BCUT2D eigenvalue weighted by Crippen LogP contribution is 2.41. The van der Waals surface area contributed by atoms with E-state index in [1.807, 2.05) is 23.1 Å². The van der Waals surface area contributed by atoms with E-state index >= 15 is 0 Å². The van der Waals surface area contributed by atoms with Crippen molar-refractivity contribution in [2.75, 3.05) is 40.4 Å². The number of carbonyl (C=O) groups excluding carboxylic acids is 1. The maximum absolute atomic E-state index is 13.4. The van der Waals surface area contributed by atoms with E-state index in [4.69, 9.17) is 9.47 Å². The van der Waals surface area contributed by atoms with Gasteiger partial charge in [0.2, 0.25) is 5.91 Å². The van der Waals surface area contributed by atoms with Gasteiger partial charge >= 0.3 is 0 Å². The zero-order valence-corrected chi connectivity index (χ0v) is 16.6. The van der Waals surface area contributed by atoms with Crippen LogP contribution in [0.5, 0.6) is 11.5 Å². The number of benzene rings is 1. The van der Waals surface area contributed by atoms with Crippen LogP contribution < -0.4 is 9.47 Å². The smallest absolute Gasteiger partial charge is 0.230 e. The Kier molecular flexibility index (Phi) is 5.76. The van der Waals surface area contributed by atoms with Crippen LogP contribution in [0.3, 0.4) is 0 Å². The lowest BCUT2D eigenvalue weighted by Crippen LogP contribution is -2.49. The maximum atomic E-state index is 13.4. The molecule has 0 aromatic heterocycles. The molecule has 2 saturated heterocycles. The first kappa shape index (κ1) is 19.0. The minimum atomic E-state index is -0.181. The van der Waals surface area contributed by atoms with Gasteiger partial charge in [-0.05, 0) is 37.8 Å². The van der Waals surface area contributed by atoms with Crippen LogP contribution in [0.1, 0.15) is 38.7 Å². The summed E-state index contributed by atoms with van der Waals surface area (Å²) in [5, 5.41) is 0. The number of likely N-dealkylation sites (tertiary alicyclic amines) is 2. The second-order valence-corrected chi connectivity index (χ2v) is 8.14. The van der Waals surface area contributed by atoms with E-state index in [1.54, 1.807) is 14.2 Å². The summed E-state index contributed by atoms with van der Waals surface area (Å²) in [5.41, 5.74) is 0.827. The molecule has 1 amide bonds. The van der Waals surface area contributed by atoms with E-state index in [1.165, 1.54) is 0 Å². The molecular formula is C21H32N2O3. The number of para-hydroxylation sites is 1. The van der Waals surface area contributed by atoms with Crippen molar-refractivity contribution in [1.82, 2.24) is 9.80 Å². The summed E-state index contributed by atoms with van der Waals surface area (Å²) in [4.78, 5) is 17.9. The lowest BCUT2D eigenvalue weighted by molar-refractivity contribution is -0.146. The van der Waals surface area contributed by atoms with Gasteiger partial charge in [-0.3, -0.25) is 4.79 Å². The molecule has 2 fully saturated rings. The van der Waals surface area contributed by atoms with Gasteiger partial charge in [0.1, 0.15) is 0 Å². The van der Waals surface area contributed by atoms with E-state index in [0.717, 1.165) is 56.8 Å². The average molecular weight is 360 g/mol. The number of piperidine rings is 1. The lowest BCUT2D eigenvalue weighted by Gasteiger charge is -2.39. The number of methoxy groups -OCH3 is 2. The van der Waals surface area contributed by atoms with Crippen LogP contribution >= 0.6 is 0 Å². The fraction of sp³-hybridized carbons (Fsp3) is 0.667. The van der Waals surface area contributed by atoms with Crippen LogP contribution in [0.2, 0.25) is 0 Å². The molecule has 0 saturated carbocycles. The van der Waals surface area contributed by atoms with Gasteiger partial charge < -0.3 is 19.3 Å². The Labute approximate surface area is 157 Å². The minimum absolute atomic E-state index is 0.181. The Morgan fingerprint density at radius 1 is 1.15 bits per heavy atom. The van der Waals surface area contributed by atoms with Crippen molar-refractivity contribution < 1.29 is 14.3 Å². The summed E-state index contributed by atoms with van der Waals surface area (Å²) in [6.45, 7) is 8.94. The number of nitrogens with zero attached hydrogens (tertiary/aromatic N) is 2. The SMILES string of the molecule is COc1cccc(CN2CCC[C@@]3(CCN(CC(C)C)C3)C2=O)c1OC. The molecule has 2 heterocycles. The van der Waals surface area contributed by atoms with Crippen LogP contribution in [0.25, 0.3) is 0 Å². The first-order chi connectivity index (χ1) is 12.5. The van der Waals surface area contributed by atoms with Gasteiger partial charge in [0.15, 0.2) is 11.5 Å². The number of hydrogen-bond acceptors (Lipinski definition) is 4. The molecule has 0 unspecified atom stereocenters. The van der Waals surface area contributed by atoms with Crippen molar-refractivity contribution in [2.24, 2.45) is 11.3 Å². The molecule has 2 aliphatic rings. The van der Waals surface area contributed by atoms with Crippen molar-refractivity contribution >= 4 is 5.91 Å². The molecule has 5 nitrogen and oxygen atoms in total. The summed E-state index contributed by atoms with van der Waals surface area (Å²) >= 11 is 0. The van der Waals surface area contributed by atoms with E-state index in [2.05, 4.69) is 18.7 Å². The number of carbonyl (C=O) groups is 1. The molecule has 0 N–H and O–H groups in total. The van der Waals surface area contributed by atoms with Gasteiger partial charge in [-0.15, -0.1) is 0 Å².